The number of aromatic nitrogens is 1. The van der Waals surface area contributed by atoms with Crippen molar-refractivity contribution in [3.05, 3.63) is 75.0 Å². The van der Waals surface area contributed by atoms with Crippen molar-refractivity contribution in [2.45, 2.75) is 17.0 Å². The van der Waals surface area contributed by atoms with Crippen LogP contribution in [-0.4, -0.2) is 11.0 Å². The van der Waals surface area contributed by atoms with E-state index in [0.717, 1.165) is 22.4 Å². The van der Waals surface area contributed by atoms with Crippen molar-refractivity contribution in [2.75, 3.05) is 0 Å². The highest BCUT2D eigenvalue weighted by Gasteiger charge is 2.16. The van der Waals surface area contributed by atoms with Gasteiger partial charge >= 0.3 is 5.97 Å². The molecule has 0 aliphatic heterocycles. The smallest absolute Gasteiger partial charge is 0.346 e. The molecule has 2 heterocycles. The average molecular weight is 377 g/mol. The van der Waals surface area contributed by atoms with Crippen molar-refractivity contribution in [1.82, 2.24) is 4.98 Å². The molecular formula is C17H12FNO4S2. The summed E-state index contributed by atoms with van der Waals surface area (Å²) in [6.07, 6.45) is 1.06. The largest absolute Gasteiger partial charge is 0.464 e. The van der Waals surface area contributed by atoms with Crippen LogP contribution in [0.25, 0.3) is 0 Å². The van der Waals surface area contributed by atoms with Crippen LogP contribution in [0.15, 0.2) is 55.5 Å². The molecule has 0 spiro atoms. The van der Waals surface area contributed by atoms with Gasteiger partial charge in [0, 0.05) is 17.1 Å². The Hall–Kier alpha value is -2.45. The van der Waals surface area contributed by atoms with Crippen LogP contribution in [-0.2, 0) is 5.75 Å². The Morgan fingerprint density at radius 1 is 1.40 bits per heavy atom. The summed E-state index contributed by atoms with van der Waals surface area (Å²) < 4.78 is 24.7. The number of carbonyl (C=O) groups is 1. The zero-order chi connectivity index (χ0) is 17.8. The molecule has 0 saturated carbocycles. The van der Waals surface area contributed by atoms with Crippen LogP contribution < -0.4 is 10.2 Å². The van der Waals surface area contributed by atoms with Gasteiger partial charge in [0.05, 0.1) is 11.3 Å². The van der Waals surface area contributed by atoms with Gasteiger partial charge in [-0.05, 0) is 19.1 Å². The normalized spacial score (nSPS) is 10.6. The van der Waals surface area contributed by atoms with Crippen LogP contribution in [0.4, 0.5) is 4.39 Å². The van der Waals surface area contributed by atoms with E-state index in [9.17, 15) is 14.0 Å². The SMILES string of the molecule is Cc1csc(SCc2cc(=O)c(OC(=O)c3ccccc3F)co2)n1. The first-order valence-electron chi connectivity index (χ1n) is 7.16. The van der Waals surface area contributed by atoms with Gasteiger partial charge in [-0.1, -0.05) is 23.9 Å². The third kappa shape index (κ3) is 4.34. The molecular weight excluding hydrogens is 365 g/mol. The number of hydrogen-bond donors (Lipinski definition) is 0. The minimum Gasteiger partial charge on any atom is -0.464 e. The number of thioether (sulfide) groups is 1. The van der Waals surface area contributed by atoms with E-state index >= 15 is 0 Å². The van der Waals surface area contributed by atoms with E-state index in [1.165, 1.54) is 47.4 Å². The molecule has 5 nitrogen and oxygen atoms in total. The maximum absolute atomic E-state index is 13.6. The number of thiazole rings is 1. The highest BCUT2D eigenvalue weighted by Crippen LogP contribution is 2.26. The first-order valence-corrected chi connectivity index (χ1v) is 9.03. The lowest BCUT2D eigenvalue weighted by Gasteiger charge is -2.05. The van der Waals surface area contributed by atoms with Crippen molar-refractivity contribution in [3.8, 4) is 5.75 Å². The Labute approximate surface area is 150 Å². The molecule has 25 heavy (non-hydrogen) atoms. The molecule has 0 aliphatic rings. The first-order chi connectivity index (χ1) is 12.0. The zero-order valence-electron chi connectivity index (χ0n) is 13.0. The number of carbonyl (C=O) groups excluding carboxylic acids is 1. The molecule has 0 radical (unpaired) electrons. The number of esters is 1. The van der Waals surface area contributed by atoms with Gasteiger partial charge in [0.25, 0.3) is 0 Å². The van der Waals surface area contributed by atoms with E-state index in [1.807, 2.05) is 12.3 Å². The van der Waals surface area contributed by atoms with Crippen molar-refractivity contribution >= 4 is 29.1 Å². The Bertz CT molecular complexity index is 967. The Kier molecular flexibility index (Phi) is 5.30. The van der Waals surface area contributed by atoms with Crippen molar-refractivity contribution in [2.24, 2.45) is 0 Å². The summed E-state index contributed by atoms with van der Waals surface area (Å²) in [5, 5.41) is 1.93. The van der Waals surface area contributed by atoms with E-state index in [2.05, 4.69) is 4.98 Å². The number of ether oxygens (including phenoxy) is 1. The van der Waals surface area contributed by atoms with Crippen LogP contribution >= 0.6 is 23.1 Å². The predicted molar refractivity (Wildman–Crippen MR) is 92.7 cm³/mol. The molecule has 0 saturated heterocycles. The predicted octanol–water partition coefficient (Wildman–Crippen LogP) is 4.06. The fraction of sp³-hybridized carbons (Fsp3) is 0.118. The third-order valence-corrected chi connectivity index (χ3v) is 5.25. The fourth-order valence-electron chi connectivity index (χ4n) is 1.90. The summed E-state index contributed by atoms with van der Waals surface area (Å²) in [5.41, 5.74) is 0.173. The first kappa shape index (κ1) is 17.4. The molecule has 3 aromatic rings. The van der Waals surface area contributed by atoms with Gasteiger partial charge in [0.15, 0.2) is 4.34 Å². The molecule has 2 aromatic heterocycles. The van der Waals surface area contributed by atoms with E-state index in [-0.39, 0.29) is 11.3 Å². The van der Waals surface area contributed by atoms with E-state index in [4.69, 9.17) is 9.15 Å². The van der Waals surface area contributed by atoms with Crippen LogP contribution in [0.2, 0.25) is 0 Å². The second-order valence-electron chi connectivity index (χ2n) is 4.99. The summed E-state index contributed by atoms with van der Waals surface area (Å²) in [7, 11) is 0. The molecule has 0 amide bonds. The summed E-state index contributed by atoms with van der Waals surface area (Å²) in [4.78, 5) is 28.3. The maximum Gasteiger partial charge on any atom is 0.346 e. The zero-order valence-corrected chi connectivity index (χ0v) is 14.7. The highest BCUT2D eigenvalue weighted by molar-refractivity contribution is 8.00. The van der Waals surface area contributed by atoms with Gasteiger partial charge in [-0.2, -0.15) is 0 Å². The maximum atomic E-state index is 13.6. The number of aryl methyl sites for hydroxylation is 1. The standard InChI is InChI=1S/C17H12FNO4S2/c1-10-8-24-17(19-10)25-9-11-6-14(20)15(7-22-11)23-16(21)12-4-2-3-5-13(12)18/h2-8H,9H2,1H3. The molecule has 0 bridgehead atoms. The average Bonchev–Trinajstić information content (AvgIpc) is 3.01. The molecule has 8 heteroatoms. The van der Waals surface area contributed by atoms with Crippen molar-refractivity contribution in [1.29, 1.82) is 0 Å². The second-order valence-corrected chi connectivity index (χ2v) is 7.07. The topological polar surface area (TPSA) is 69.4 Å². The van der Waals surface area contributed by atoms with Crippen LogP contribution in [0, 0.1) is 12.7 Å². The fourth-order valence-corrected chi connectivity index (χ4v) is 3.64. The third-order valence-electron chi connectivity index (χ3n) is 3.08. The number of rotatable bonds is 5. The minimum absolute atomic E-state index is 0.249. The quantitative estimate of drug-likeness (QED) is 0.493. The number of benzene rings is 1. The Morgan fingerprint density at radius 3 is 2.88 bits per heavy atom. The molecule has 0 N–H and O–H groups in total. The van der Waals surface area contributed by atoms with Gasteiger partial charge in [-0.3, -0.25) is 4.79 Å². The number of nitrogens with zero attached hydrogens (tertiary/aromatic N) is 1. The number of halogens is 1. The van der Waals surface area contributed by atoms with Gasteiger partial charge < -0.3 is 9.15 Å². The van der Waals surface area contributed by atoms with Gasteiger partial charge in [-0.15, -0.1) is 11.3 Å². The molecule has 0 atom stereocenters. The summed E-state index contributed by atoms with van der Waals surface area (Å²) in [6.45, 7) is 1.90. The lowest BCUT2D eigenvalue weighted by atomic mass is 10.2. The molecule has 0 aliphatic carbocycles. The van der Waals surface area contributed by atoms with Gasteiger partial charge in [-0.25, -0.2) is 14.2 Å². The number of hydrogen-bond acceptors (Lipinski definition) is 7. The molecule has 0 unspecified atom stereocenters. The minimum atomic E-state index is -0.953. The Balaban J connectivity index is 1.68. The van der Waals surface area contributed by atoms with Gasteiger partial charge in [0.1, 0.15) is 17.8 Å². The molecule has 3 rings (SSSR count). The van der Waals surface area contributed by atoms with Crippen LogP contribution in [0.3, 0.4) is 0 Å². The van der Waals surface area contributed by atoms with Crippen LogP contribution in [0.1, 0.15) is 21.8 Å². The lowest BCUT2D eigenvalue weighted by Crippen LogP contribution is -2.15. The van der Waals surface area contributed by atoms with E-state index in [0.29, 0.717) is 11.5 Å². The highest BCUT2D eigenvalue weighted by atomic mass is 32.2. The molecule has 0 fully saturated rings. The lowest BCUT2D eigenvalue weighted by molar-refractivity contribution is 0.0724. The molecule has 128 valence electrons. The second kappa shape index (κ2) is 7.62. The Morgan fingerprint density at radius 2 is 2.20 bits per heavy atom. The monoisotopic (exact) mass is 377 g/mol. The van der Waals surface area contributed by atoms with Crippen molar-refractivity contribution < 1.29 is 18.3 Å². The van der Waals surface area contributed by atoms with E-state index < -0.39 is 17.2 Å². The van der Waals surface area contributed by atoms with E-state index in [1.54, 1.807) is 0 Å². The van der Waals surface area contributed by atoms with Crippen LogP contribution in [0.5, 0.6) is 5.75 Å². The summed E-state index contributed by atoms with van der Waals surface area (Å²) >= 11 is 2.95. The van der Waals surface area contributed by atoms with Crippen molar-refractivity contribution in [3.63, 3.8) is 0 Å². The van der Waals surface area contributed by atoms with Gasteiger partial charge in [0.2, 0.25) is 11.2 Å². The molecule has 1 aromatic carbocycles. The summed E-state index contributed by atoms with van der Waals surface area (Å²) in [6, 6.07) is 6.62. The summed E-state index contributed by atoms with van der Waals surface area (Å²) in [5.74, 6) is -1.11.